The third-order valence-electron chi connectivity index (χ3n) is 5.37. The van der Waals surface area contributed by atoms with E-state index in [1.807, 2.05) is 26.1 Å². The number of carbonyl (C=O) groups is 1. The maximum atomic E-state index is 11.8. The van der Waals surface area contributed by atoms with Gasteiger partial charge in [0.25, 0.3) is 0 Å². The Morgan fingerprint density at radius 1 is 1.25 bits per heavy atom. The molecule has 4 rings (SSSR count). The Morgan fingerprint density at radius 3 is 2.89 bits per heavy atom. The Bertz CT molecular complexity index is 897. The topological polar surface area (TPSA) is 79.1 Å². The predicted octanol–water partition coefficient (Wildman–Crippen LogP) is 3.37. The van der Waals surface area contributed by atoms with Crippen molar-refractivity contribution in [1.29, 1.82) is 0 Å². The lowest BCUT2D eigenvalue weighted by atomic mass is 9.92. The van der Waals surface area contributed by atoms with Gasteiger partial charge in [-0.1, -0.05) is 11.3 Å². The van der Waals surface area contributed by atoms with Crippen LogP contribution in [0.3, 0.4) is 0 Å². The van der Waals surface area contributed by atoms with Crippen LogP contribution < -0.4 is 0 Å². The van der Waals surface area contributed by atoms with Crippen molar-refractivity contribution in [3.05, 3.63) is 35.2 Å². The van der Waals surface area contributed by atoms with Crippen LogP contribution in [0.15, 0.2) is 18.2 Å². The zero-order chi connectivity index (χ0) is 19.5. The summed E-state index contributed by atoms with van der Waals surface area (Å²) in [4.78, 5) is 16.5. The van der Waals surface area contributed by atoms with E-state index in [1.54, 1.807) is 10.8 Å². The second-order valence-electron chi connectivity index (χ2n) is 7.43. The molecule has 7 heteroatoms. The van der Waals surface area contributed by atoms with Gasteiger partial charge in [0, 0.05) is 25.8 Å². The van der Waals surface area contributed by atoms with Gasteiger partial charge in [0.1, 0.15) is 5.69 Å². The monoisotopic (exact) mass is 382 g/mol. The molecule has 2 aliphatic rings. The van der Waals surface area contributed by atoms with Crippen LogP contribution in [0.25, 0.3) is 17.0 Å². The summed E-state index contributed by atoms with van der Waals surface area (Å²) in [5.41, 5.74) is 5.37. The van der Waals surface area contributed by atoms with Crippen LogP contribution in [-0.4, -0.2) is 38.7 Å². The highest BCUT2D eigenvalue weighted by Crippen LogP contribution is 2.29. The van der Waals surface area contributed by atoms with Gasteiger partial charge < -0.3 is 9.47 Å². The van der Waals surface area contributed by atoms with Crippen molar-refractivity contribution in [3.63, 3.8) is 0 Å². The van der Waals surface area contributed by atoms with Crippen molar-refractivity contribution in [2.45, 2.75) is 58.3 Å². The van der Waals surface area contributed by atoms with Crippen molar-refractivity contribution in [3.8, 4) is 11.4 Å². The van der Waals surface area contributed by atoms with Crippen LogP contribution in [-0.2, 0) is 27.9 Å². The maximum absolute atomic E-state index is 11.8. The normalized spacial score (nSPS) is 20.3. The summed E-state index contributed by atoms with van der Waals surface area (Å²) in [5.74, 6) is 0.197. The number of allylic oxidation sites excluding steroid dienone is 2. The van der Waals surface area contributed by atoms with Gasteiger partial charge in [-0.2, -0.15) is 0 Å². The van der Waals surface area contributed by atoms with Gasteiger partial charge >= 0.3 is 0 Å². The summed E-state index contributed by atoms with van der Waals surface area (Å²) in [6.07, 6.45) is 7.20. The first kappa shape index (κ1) is 19.0. The number of hydrogen-bond acceptors (Lipinski definition) is 6. The second kappa shape index (κ2) is 8.32. The van der Waals surface area contributed by atoms with Gasteiger partial charge in [-0.25, -0.2) is 4.68 Å². The van der Waals surface area contributed by atoms with Crippen LogP contribution in [0.5, 0.6) is 0 Å². The molecule has 7 nitrogen and oxygen atoms in total. The number of carbonyl (C=O) groups excluding carboxylic acids is 1. The zero-order valence-electron chi connectivity index (χ0n) is 16.5. The lowest BCUT2D eigenvalue weighted by Gasteiger charge is -2.22. The van der Waals surface area contributed by atoms with E-state index in [9.17, 15) is 4.79 Å². The van der Waals surface area contributed by atoms with Gasteiger partial charge in [-0.15, -0.1) is 5.10 Å². The van der Waals surface area contributed by atoms with E-state index in [1.165, 1.54) is 0 Å². The van der Waals surface area contributed by atoms with Gasteiger partial charge in [0.05, 0.1) is 18.0 Å². The molecule has 2 aromatic rings. The number of ketones is 1. The molecule has 0 spiro atoms. The van der Waals surface area contributed by atoms with Crippen LogP contribution in [0, 0.1) is 6.92 Å². The SMILES string of the molecule is Cc1nc(-c2nnn(C)c2COC2CCCCO2)ccc1C1=CC(=O)CCC1. The third kappa shape index (κ3) is 4.05. The molecule has 1 atom stereocenters. The lowest BCUT2D eigenvalue weighted by Crippen LogP contribution is -2.22. The molecule has 2 aromatic heterocycles. The first-order valence-electron chi connectivity index (χ1n) is 9.95. The van der Waals surface area contributed by atoms with E-state index >= 15 is 0 Å². The molecule has 1 saturated heterocycles. The van der Waals surface area contributed by atoms with Crippen molar-refractivity contribution in [1.82, 2.24) is 20.0 Å². The average Bonchev–Trinajstić information content (AvgIpc) is 3.07. The fourth-order valence-electron chi connectivity index (χ4n) is 3.79. The third-order valence-corrected chi connectivity index (χ3v) is 5.37. The average molecular weight is 382 g/mol. The molecule has 28 heavy (non-hydrogen) atoms. The van der Waals surface area contributed by atoms with Crippen LogP contribution in [0.2, 0.25) is 0 Å². The first-order chi connectivity index (χ1) is 13.6. The summed E-state index contributed by atoms with van der Waals surface area (Å²) >= 11 is 0. The van der Waals surface area contributed by atoms with Gasteiger partial charge in [-0.05, 0) is 62.3 Å². The highest BCUT2D eigenvalue weighted by molar-refractivity contribution is 5.98. The number of nitrogens with zero attached hydrogens (tertiary/aromatic N) is 4. The Morgan fingerprint density at radius 2 is 2.14 bits per heavy atom. The van der Waals surface area contributed by atoms with Crippen LogP contribution in [0.1, 0.15) is 55.5 Å². The Hall–Kier alpha value is -2.38. The molecule has 3 heterocycles. The van der Waals surface area contributed by atoms with E-state index in [-0.39, 0.29) is 12.1 Å². The minimum atomic E-state index is -0.163. The molecule has 1 aliphatic carbocycles. The number of hydrogen-bond donors (Lipinski definition) is 0. The quantitative estimate of drug-likeness (QED) is 0.789. The minimum Gasteiger partial charge on any atom is -0.353 e. The number of rotatable bonds is 5. The molecule has 0 N–H and O–H groups in total. The molecule has 0 aromatic carbocycles. The van der Waals surface area contributed by atoms with E-state index in [2.05, 4.69) is 10.3 Å². The van der Waals surface area contributed by atoms with Gasteiger partial charge in [0.15, 0.2) is 12.1 Å². The summed E-state index contributed by atoms with van der Waals surface area (Å²) in [7, 11) is 1.86. The standard InChI is InChI=1S/C21H26N4O3/c1-14-17(15-6-5-7-16(26)12-15)9-10-18(22-14)21-19(25(2)24-23-21)13-28-20-8-3-4-11-27-20/h9-10,12,20H,3-8,11,13H2,1-2H3. The van der Waals surface area contributed by atoms with Crippen molar-refractivity contribution in [2.24, 2.45) is 7.05 Å². The zero-order valence-corrected chi connectivity index (χ0v) is 16.5. The van der Waals surface area contributed by atoms with E-state index in [4.69, 9.17) is 14.5 Å². The lowest BCUT2D eigenvalue weighted by molar-refractivity contribution is -0.169. The fourth-order valence-corrected chi connectivity index (χ4v) is 3.79. The highest BCUT2D eigenvalue weighted by Gasteiger charge is 2.20. The number of ether oxygens (including phenoxy) is 2. The summed E-state index contributed by atoms with van der Waals surface area (Å²) < 4.78 is 13.3. The van der Waals surface area contributed by atoms with E-state index < -0.39 is 0 Å². The second-order valence-corrected chi connectivity index (χ2v) is 7.43. The molecular weight excluding hydrogens is 356 g/mol. The molecular formula is C21H26N4O3. The number of pyridine rings is 1. The van der Waals surface area contributed by atoms with E-state index in [0.717, 1.165) is 72.6 Å². The van der Waals surface area contributed by atoms with Crippen molar-refractivity contribution >= 4 is 11.4 Å². The fraction of sp³-hybridized carbons (Fsp3) is 0.524. The minimum absolute atomic E-state index is 0.163. The first-order valence-corrected chi connectivity index (χ1v) is 9.95. The summed E-state index contributed by atoms with van der Waals surface area (Å²) in [5, 5.41) is 8.46. The Kier molecular flexibility index (Phi) is 5.64. The predicted molar refractivity (Wildman–Crippen MR) is 104 cm³/mol. The molecule has 0 bridgehead atoms. The van der Waals surface area contributed by atoms with Crippen LogP contribution in [0.4, 0.5) is 0 Å². The van der Waals surface area contributed by atoms with Gasteiger partial charge in [-0.3, -0.25) is 9.78 Å². The van der Waals surface area contributed by atoms with Crippen molar-refractivity contribution in [2.75, 3.05) is 6.61 Å². The summed E-state index contributed by atoms with van der Waals surface area (Å²) in [6.45, 7) is 3.11. The summed E-state index contributed by atoms with van der Waals surface area (Å²) in [6, 6.07) is 3.98. The smallest absolute Gasteiger partial charge is 0.158 e. The maximum Gasteiger partial charge on any atom is 0.158 e. The van der Waals surface area contributed by atoms with Crippen LogP contribution >= 0.6 is 0 Å². The van der Waals surface area contributed by atoms with Gasteiger partial charge in [0.2, 0.25) is 0 Å². The highest BCUT2D eigenvalue weighted by atomic mass is 16.7. The molecule has 1 fully saturated rings. The van der Waals surface area contributed by atoms with E-state index in [0.29, 0.717) is 13.0 Å². The largest absolute Gasteiger partial charge is 0.353 e. The number of aryl methyl sites for hydroxylation is 2. The molecule has 1 unspecified atom stereocenters. The molecule has 0 radical (unpaired) electrons. The Labute approximate surface area is 164 Å². The Balaban J connectivity index is 1.56. The molecule has 148 valence electrons. The number of aromatic nitrogens is 4. The molecule has 1 aliphatic heterocycles. The van der Waals surface area contributed by atoms with Crippen molar-refractivity contribution < 1.29 is 14.3 Å². The molecule has 0 saturated carbocycles. The molecule has 0 amide bonds.